The number of anilines is 1. The number of benzene rings is 2. The molecule has 0 spiro atoms. The zero-order chi connectivity index (χ0) is 20.2. The number of ether oxygens (including phenoxy) is 1. The van der Waals surface area contributed by atoms with Crippen molar-refractivity contribution in [2.24, 2.45) is 0 Å². The van der Waals surface area contributed by atoms with Crippen molar-refractivity contribution >= 4 is 5.69 Å². The molecule has 1 aromatic heterocycles. The van der Waals surface area contributed by atoms with Crippen LogP contribution in [0.5, 0.6) is 5.75 Å². The summed E-state index contributed by atoms with van der Waals surface area (Å²) in [6, 6.07) is 18.9. The molecule has 0 atom stereocenters. The normalized spacial score (nSPS) is 14.9. The first-order valence-electron chi connectivity index (χ1n) is 10.5. The van der Waals surface area contributed by atoms with Gasteiger partial charge in [0.1, 0.15) is 5.75 Å². The van der Waals surface area contributed by atoms with Crippen molar-refractivity contribution in [2.75, 3.05) is 37.7 Å². The highest BCUT2D eigenvalue weighted by atomic mass is 16.5. The molecule has 1 aliphatic heterocycles. The van der Waals surface area contributed by atoms with Gasteiger partial charge in [-0.25, -0.2) is 4.68 Å². The first-order chi connectivity index (χ1) is 14.2. The molecule has 1 fully saturated rings. The van der Waals surface area contributed by atoms with Crippen LogP contribution in [0.25, 0.3) is 5.69 Å². The molecule has 0 unspecified atom stereocenters. The molecule has 1 saturated heterocycles. The monoisotopic (exact) mass is 390 g/mol. The summed E-state index contributed by atoms with van der Waals surface area (Å²) < 4.78 is 7.61. The van der Waals surface area contributed by atoms with Gasteiger partial charge < -0.3 is 9.64 Å². The van der Waals surface area contributed by atoms with Crippen LogP contribution in [0.1, 0.15) is 23.9 Å². The smallest absolute Gasteiger partial charge is 0.119 e. The van der Waals surface area contributed by atoms with Gasteiger partial charge >= 0.3 is 0 Å². The lowest BCUT2D eigenvalue weighted by molar-refractivity contribution is 0.249. The van der Waals surface area contributed by atoms with Crippen LogP contribution in [0.3, 0.4) is 0 Å². The van der Waals surface area contributed by atoms with Crippen LogP contribution in [0.15, 0.2) is 54.6 Å². The van der Waals surface area contributed by atoms with Gasteiger partial charge in [0.05, 0.1) is 29.4 Å². The lowest BCUT2D eigenvalue weighted by Gasteiger charge is -2.36. The second kappa shape index (κ2) is 8.70. The summed E-state index contributed by atoms with van der Waals surface area (Å²) in [5, 5.41) is 4.82. The summed E-state index contributed by atoms with van der Waals surface area (Å²) in [6.45, 7) is 12.2. The highest BCUT2D eigenvalue weighted by molar-refractivity contribution is 5.57. The number of aromatic nitrogens is 2. The maximum atomic E-state index is 5.54. The van der Waals surface area contributed by atoms with E-state index in [4.69, 9.17) is 9.84 Å². The molecule has 3 aromatic rings. The molecule has 152 valence electrons. The van der Waals surface area contributed by atoms with Gasteiger partial charge in [0.15, 0.2) is 0 Å². The van der Waals surface area contributed by atoms with Gasteiger partial charge in [0, 0.05) is 32.7 Å². The Morgan fingerprint density at radius 1 is 0.897 bits per heavy atom. The van der Waals surface area contributed by atoms with E-state index in [9.17, 15) is 0 Å². The number of hydrogen-bond donors (Lipinski definition) is 0. The third kappa shape index (κ3) is 4.30. The van der Waals surface area contributed by atoms with E-state index in [2.05, 4.69) is 76.9 Å². The number of hydrogen-bond acceptors (Lipinski definition) is 4. The maximum absolute atomic E-state index is 5.54. The Hall–Kier alpha value is -2.79. The summed E-state index contributed by atoms with van der Waals surface area (Å²) in [7, 11) is 0. The quantitative estimate of drug-likeness (QED) is 0.631. The summed E-state index contributed by atoms with van der Waals surface area (Å²) in [5.74, 6) is 0.947. The summed E-state index contributed by atoms with van der Waals surface area (Å²) >= 11 is 0. The fraction of sp³-hybridized carbons (Fsp3) is 0.375. The molecular weight excluding hydrogens is 360 g/mol. The van der Waals surface area contributed by atoms with E-state index in [1.165, 1.54) is 16.9 Å². The zero-order valence-electron chi connectivity index (χ0n) is 17.6. The average Bonchev–Trinajstić information content (AvgIpc) is 3.05. The van der Waals surface area contributed by atoms with Crippen LogP contribution < -0.4 is 9.64 Å². The van der Waals surface area contributed by atoms with Gasteiger partial charge in [0.25, 0.3) is 0 Å². The summed E-state index contributed by atoms with van der Waals surface area (Å²) in [5.41, 5.74) is 6.06. The highest BCUT2D eigenvalue weighted by Crippen LogP contribution is 2.28. The molecule has 5 nitrogen and oxygen atoms in total. The van der Waals surface area contributed by atoms with Crippen LogP contribution in [-0.2, 0) is 6.54 Å². The number of aryl methyl sites for hydroxylation is 1. The second-order valence-electron chi connectivity index (χ2n) is 7.61. The summed E-state index contributed by atoms with van der Waals surface area (Å²) in [4.78, 5) is 5.02. The minimum atomic E-state index is 0.709. The minimum Gasteiger partial charge on any atom is -0.494 e. The topological polar surface area (TPSA) is 33.5 Å². The molecule has 2 heterocycles. The standard InChI is InChI=1S/C24H30N4O/c1-4-29-23-12-10-21(11-13-23)18-26-14-16-27(17-15-26)24-19(2)25-28(20(24)3)22-8-6-5-7-9-22/h5-13H,4,14-18H2,1-3H3. The van der Waals surface area contributed by atoms with Crippen molar-refractivity contribution in [1.82, 2.24) is 14.7 Å². The zero-order valence-corrected chi connectivity index (χ0v) is 17.6. The Kier molecular flexibility index (Phi) is 5.86. The molecule has 0 aliphatic carbocycles. The Labute approximate surface area is 173 Å². The summed E-state index contributed by atoms with van der Waals surface area (Å²) in [6.07, 6.45) is 0. The van der Waals surface area contributed by atoms with Gasteiger partial charge in [-0.05, 0) is 50.6 Å². The van der Waals surface area contributed by atoms with Crippen molar-refractivity contribution in [1.29, 1.82) is 0 Å². The van der Waals surface area contributed by atoms with Gasteiger partial charge in [0.2, 0.25) is 0 Å². The van der Waals surface area contributed by atoms with Crippen LogP contribution in [0.2, 0.25) is 0 Å². The SMILES string of the molecule is CCOc1ccc(CN2CCN(c3c(C)nn(-c4ccccc4)c3C)CC2)cc1. The van der Waals surface area contributed by atoms with E-state index in [0.29, 0.717) is 6.61 Å². The van der Waals surface area contributed by atoms with Crippen molar-refractivity contribution in [3.8, 4) is 11.4 Å². The first kappa shape index (κ1) is 19.5. The maximum Gasteiger partial charge on any atom is 0.119 e. The fourth-order valence-corrected chi connectivity index (χ4v) is 4.16. The van der Waals surface area contributed by atoms with Crippen molar-refractivity contribution < 1.29 is 4.74 Å². The van der Waals surface area contributed by atoms with E-state index in [0.717, 1.165) is 49.9 Å². The molecule has 0 N–H and O–H groups in total. The van der Waals surface area contributed by atoms with Crippen molar-refractivity contribution in [3.05, 3.63) is 71.5 Å². The predicted octanol–water partition coefficient (Wildman–Crippen LogP) is 4.21. The molecule has 0 saturated carbocycles. The molecule has 0 radical (unpaired) electrons. The number of rotatable bonds is 6. The Balaban J connectivity index is 1.40. The lowest BCUT2D eigenvalue weighted by Crippen LogP contribution is -2.46. The molecule has 4 rings (SSSR count). The van der Waals surface area contributed by atoms with E-state index < -0.39 is 0 Å². The molecule has 0 amide bonds. The Morgan fingerprint density at radius 3 is 2.24 bits per heavy atom. The third-order valence-electron chi connectivity index (χ3n) is 5.58. The van der Waals surface area contributed by atoms with E-state index in [-0.39, 0.29) is 0 Å². The minimum absolute atomic E-state index is 0.709. The average molecular weight is 391 g/mol. The molecule has 2 aromatic carbocycles. The number of para-hydroxylation sites is 1. The molecule has 0 bridgehead atoms. The molecule has 5 heteroatoms. The van der Waals surface area contributed by atoms with Gasteiger partial charge in [-0.2, -0.15) is 5.10 Å². The number of nitrogens with zero attached hydrogens (tertiary/aromatic N) is 4. The van der Waals surface area contributed by atoms with Crippen LogP contribution in [0.4, 0.5) is 5.69 Å². The van der Waals surface area contributed by atoms with E-state index in [1.54, 1.807) is 0 Å². The van der Waals surface area contributed by atoms with Crippen molar-refractivity contribution in [3.63, 3.8) is 0 Å². The van der Waals surface area contributed by atoms with Crippen LogP contribution in [-0.4, -0.2) is 47.5 Å². The predicted molar refractivity (Wildman–Crippen MR) is 118 cm³/mol. The van der Waals surface area contributed by atoms with E-state index in [1.807, 2.05) is 13.0 Å². The molecule has 1 aliphatic rings. The van der Waals surface area contributed by atoms with Crippen LogP contribution >= 0.6 is 0 Å². The Bertz CT molecular complexity index is 926. The van der Waals surface area contributed by atoms with Crippen LogP contribution in [0, 0.1) is 13.8 Å². The third-order valence-corrected chi connectivity index (χ3v) is 5.58. The lowest BCUT2D eigenvalue weighted by atomic mass is 10.1. The fourth-order valence-electron chi connectivity index (χ4n) is 4.16. The van der Waals surface area contributed by atoms with Crippen molar-refractivity contribution in [2.45, 2.75) is 27.3 Å². The second-order valence-corrected chi connectivity index (χ2v) is 7.61. The van der Waals surface area contributed by atoms with E-state index >= 15 is 0 Å². The first-order valence-corrected chi connectivity index (χ1v) is 10.5. The molecule has 29 heavy (non-hydrogen) atoms. The van der Waals surface area contributed by atoms with Gasteiger partial charge in [-0.3, -0.25) is 4.90 Å². The highest BCUT2D eigenvalue weighted by Gasteiger charge is 2.23. The Morgan fingerprint density at radius 2 is 1.59 bits per heavy atom. The largest absolute Gasteiger partial charge is 0.494 e. The van der Waals surface area contributed by atoms with Gasteiger partial charge in [-0.15, -0.1) is 0 Å². The molecular formula is C24H30N4O. The van der Waals surface area contributed by atoms with Gasteiger partial charge in [-0.1, -0.05) is 30.3 Å². The number of piperazine rings is 1.